The molecule has 0 aromatic heterocycles. The van der Waals surface area contributed by atoms with Crippen molar-refractivity contribution < 1.29 is 9.90 Å². The van der Waals surface area contributed by atoms with Crippen LogP contribution in [-0.4, -0.2) is 35.7 Å². The molecule has 0 aliphatic rings. The van der Waals surface area contributed by atoms with E-state index in [1.807, 2.05) is 37.3 Å². The van der Waals surface area contributed by atoms with E-state index in [4.69, 9.17) is 5.11 Å². The third-order valence-corrected chi connectivity index (χ3v) is 3.14. The maximum absolute atomic E-state index is 12.2. The van der Waals surface area contributed by atoms with Crippen LogP contribution in [0.5, 0.6) is 0 Å². The molecule has 0 aliphatic carbocycles. The first kappa shape index (κ1) is 15.5. The summed E-state index contributed by atoms with van der Waals surface area (Å²) in [6.45, 7) is 7.01. The van der Waals surface area contributed by atoms with Gasteiger partial charge in [-0.2, -0.15) is 0 Å². The molecule has 0 fully saturated rings. The Hall–Kier alpha value is -1.55. The van der Waals surface area contributed by atoms with Crippen molar-refractivity contribution in [2.75, 3.05) is 19.7 Å². The Morgan fingerprint density at radius 1 is 1.32 bits per heavy atom. The fraction of sp³-hybridized carbons (Fsp3) is 0.533. The molecule has 2 amide bonds. The molecule has 1 unspecified atom stereocenters. The highest BCUT2D eigenvalue weighted by Crippen LogP contribution is 2.21. The number of aliphatic hydroxyl groups excluding tert-OH is 1. The molecule has 0 radical (unpaired) electrons. The fourth-order valence-corrected chi connectivity index (χ4v) is 2.04. The smallest absolute Gasteiger partial charge is 0.317 e. The van der Waals surface area contributed by atoms with Crippen molar-refractivity contribution in [3.63, 3.8) is 0 Å². The molecular formula is C15H24N2O2. The molecule has 0 heterocycles. The zero-order valence-corrected chi connectivity index (χ0v) is 12.0. The molecule has 1 atom stereocenters. The number of likely N-dealkylation sites (N-methyl/N-ethyl adjacent to an activating group) is 1. The standard InChI is InChI=1S/C15H24N2O2/c1-4-17(10-11-18)15(19)16-14(12(2)3)13-8-6-5-7-9-13/h5-9,12,14,18H,4,10-11H2,1-3H3,(H,16,19). The summed E-state index contributed by atoms with van der Waals surface area (Å²) in [6.07, 6.45) is 0. The third kappa shape index (κ3) is 4.56. The summed E-state index contributed by atoms with van der Waals surface area (Å²) in [7, 11) is 0. The maximum atomic E-state index is 12.2. The summed E-state index contributed by atoms with van der Waals surface area (Å²) in [5.74, 6) is 0.305. The fourth-order valence-electron chi connectivity index (χ4n) is 2.04. The van der Waals surface area contributed by atoms with Gasteiger partial charge in [0, 0.05) is 13.1 Å². The summed E-state index contributed by atoms with van der Waals surface area (Å²) in [6, 6.07) is 9.82. The summed E-state index contributed by atoms with van der Waals surface area (Å²) >= 11 is 0. The number of nitrogens with one attached hydrogen (secondary N) is 1. The van der Waals surface area contributed by atoms with E-state index in [0.717, 1.165) is 5.56 Å². The lowest BCUT2D eigenvalue weighted by atomic mass is 9.96. The lowest BCUT2D eigenvalue weighted by molar-refractivity contribution is 0.174. The molecule has 0 saturated carbocycles. The Labute approximate surface area is 115 Å². The van der Waals surface area contributed by atoms with E-state index >= 15 is 0 Å². The number of aliphatic hydroxyl groups is 1. The zero-order chi connectivity index (χ0) is 14.3. The minimum atomic E-state index is -0.126. The molecule has 19 heavy (non-hydrogen) atoms. The summed E-state index contributed by atoms with van der Waals surface area (Å²) in [5, 5.41) is 12.0. The van der Waals surface area contributed by atoms with Crippen molar-refractivity contribution in [1.82, 2.24) is 10.2 Å². The number of hydrogen-bond donors (Lipinski definition) is 2. The molecule has 4 heteroatoms. The number of amides is 2. The molecule has 0 saturated heterocycles. The zero-order valence-electron chi connectivity index (χ0n) is 12.0. The van der Waals surface area contributed by atoms with Gasteiger partial charge >= 0.3 is 6.03 Å². The van der Waals surface area contributed by atoms with E-state index in [1.54, 1.807) is 4.90 Å². The molecule has 1 rings (SSSR count). The molecule has 4 nitrogen and oxygen atoms in total. The van der Waals surface area contributed by atoms with Gasteiger partial charge in [0.1, 0.15) is 0 Å². The van der Waals surface area contributed by atoms with Crippen LogP contribution >= 0.6 is 0 Å². The highest BCUT2D eigenvalue weighted by Gasteiger charge is 2.20. The molecule has 0 aliphatic heterocycles. The normalized spacial score (nSPS) is 12.3. The number of rotatable bonds is 6. The van der Waals surface area contributed by atoms with E-state index in [0.29, 0.717) is 19.0 Å². The summed E-state index contributed by atoms with van der Waals surface area (Å²) in [4.78, 5) is 13.8. The largest absolute Gasteiger partial charge is 0.395 e. The van der Waals surface area contributed by atoms with Crippen molar-refractivity contribution in [1.29, 1.82) is 0 Å². The predicted octanol–water partition coefficient (Wildman–Crippen LogP) is 2.41. The third-order valence-electron chi connectivity index (χ3n) is 3.14. The SMILES string of the molecule is CCN(CCO)C(=O)NC(c1ccccc1)C(C)C. The molecular weight excluding hydrogens is 240 g/mol. The molecule has 1 aromatic rings. The second-order valence-electron chi connectivity index (χ2n) is 4.89. The maximum Gasteiger partial charge on any atom is 0.317 e. The monoisotopic (exact) mass is 264 g/mol. The number of hydrogen-bond acceptors (Lipinski definition) is 2. The second kappa shape index (κ2) is 7.79. The van der Waals surface area contributed by atoms with Crippen molar-refractivity contribution in [3.8, 4) is 0 Å². The highest BCUT2D eigenvalue weighted by atomic mass is 16.3. The molecule has 1 aromatic carbocycles. The lowest BCUT2D eigenvalue weighted by Gasteiger charge is -2.27. The Morgan fingerprint density at radius 2 is 1.95 bits per heavy atom. The van der Waals surface area contributed by atoms with Crippen LogP contribution in [-0.2, 0) is 0 Å². The van der Waals surface area contributed by atoms with Gasteiger partial charge in [-0.15, -0.1) is 0 Å². The van der Waals surface area contributed by atoms with Gasteiger partial charge in [-0.1, -0.05) is 44.2 Å². The van der Waals surface area contributed by atoms with Gasteiger partial charge in [0.2, 0.25) is 0 Å². The van der Waals surface area contributed by atoms with Gasteiger partial charge in [-0.3, -0.25) is 0 Å². The van der Waals surface area contributed by atoms with Crippen LogP contribution in [0.25, 0.3) is 0 Å². The number of nitrogens with zero attached hydrogens (tertiary/aromatic N) is 1. The minimum absolute atomic E-state index is 0.0126. The number of carbonyl (C=O) groups excluding carboxylic acids is 1. The van der Waals surface area contributed by atoms with E-state index in [-0.39, 0.29) is 18.7 Å². The van der Waals surface area contributed by atoms with E-state index < -0.39 is 0 Å². The first-order valence-corrected chi connectivity index (χ1v) is 6.81. The van der Waals surface area contributed by atoms with Crippen molar-refractivity contribution in [2.45, 2.75) is 26.8 Å². The first-order valence-electron chi connectivity index (χ1n) is 6.81. The lowest BCUT2D eigenvalue weighted by Crippen LogP contribution is -2.44. The highest BCUT2D eigenvalue weighted by molar-refractivity contribution is 5.74. The van der Waals surface area contributed by atoms with Crippen LogP contribution in [0.2, 0.25) is 0 Å². The van der Waals surface area contributed by atoms with E-state index in [2.05, 4.69) is 19.2 Å². The number of benzene rings is 1. The van der Waals surface area contributed by atoms with Crippen LogP contribution in [0.15, 0.2) is 30.3 Å². The van der Waals surface area contributed by atoms with Crippen molar-refractivity contribution in [2.24, 2.45) is 5.92 Å². The van der Waals surface area contributed by atoms with Crippen LogP contribution < -0.4 is 5.32 Å². The van der Waals surface area contributed by atoms with Gasteiger partial charge in [-0.05, 0) is 18.4 Å². The van der Waals surface area contributed by atoms with Gasteiger partial charge in [0.05, 0.1) is 12.6 Å². The average molecular weight is 264 g/mol. The van der Waals surface area contributed by atoms with Crippen LogP contribution in [0.3, 0.4) is 0 Å². The molecule has 2 N–H and O–H groups in total. The van der Waals surface area contributed by atoms with Gasteiger partial charge in [0.25, 0.3) is 0 Å². The number of urea groups is 1. The summed E-state index contributed by atoms with van der Waals surface area (Å²) < 4.78 is 0. The topological polar surface area (TPSA) is 52.6 Å². The summed E-state index contributed by atoms with van der Waals surface area (Å²) in [5.41, 5.74) is 1.10. The predicted molar refractivity (Wildman–Crippen MR) is 76.9 cm³/mol. The second-order valence-corrected chi connectivity index (χ2v) is 4.89. The molecule has 0 spiro atoms. The Balaban J connectivity index is 2.77. The van der Waals surface area contributed by atoms with E-state index in [1.165, 1.54) is 0 Å². The van der Waals surface area contributed by atoms with Crippen molar-refractivity contribution in [3.05, 3.63) is 35.9 Å². The Morgan fingerprint density at radius 3 is 2.42 bits per heavy atom. The first-order chi connectivity index (χ1) is 9.10. The number of carbonyl (C=O) groups is 1. The average Bonchev–Trinajstić information content (AvgIpc) is 2.42. The van der Waals surface area contributed by atoms with Crippen molar-refractivity contribution >= 4 is 6.03 Å². The van der Waals surface area contributed by atoms with Crippen LogP contribution in [0.4, 0.5) is 4.79 Å². The van der Waals surface area contributed by atoms with Gasteiger partial charge in [-0.25, -0.2) is 4.79 Å². The molecule has 0 bridgehead atoms. The Kier molecular flexibility index (Phi) is 6.36. The Bertz CT molecular complexity index is 379. The van der Waals surface area contributed by atoms with E-state index in [9.17, 15) is 4.79 Å². The van der Waals surface area contributed by atoms with Crippen LogP contribution in [0.1, 0.15) is 32.4 Å². The van der Waals surface area contributed by atoms with Gasteiger partial charge in [0.15, 0.2) is 0 Å². The quantitative estimate of drug-likeness (QED) is 0.829. The van der Waals surface area contributed by atoms with Crippen LogP contribution in [0, 0.1) is 5.92 Å². The molecule has 106 valence electrons. The van der Waals surface area contributed by atoms with Gasteiger partial charge < -0.3 is 15.3 Å². The minimum Gasteiger partial charge on any atom is -0.395 e.